The predicted molar refractivity (Wildman–Crippen MR) is 153 cm³/mol. The van der Waals surface area contributed by atoms with E-state index >= 15 is 0 Å². The highest BCUT2D eigenvalue weighted by Gasteiger charge is 2.26. The summed E-state index contributed by atoms with van der Waals surface area (Å²) >= 11 is 18.1. The first kappa shape index (κ1) is 29.3. The molecule has 0 aliphatic heterocycles. The van der Waals surface area contributed by atoms with Crippen LogP contribution in [0.3, 0.4) is 0 Å². The second-order valence-corrected chi connectivity index (χ2v) is 11.7. The molecule has 4 aromatic rings. The van der Waals surface area contributed by atoms with Crippen LogP contribution in [0.2, 0.25) is 15.1 Å². The summed E-state index contributed by atoms with van der Waals surface area (Å²) in [5.74, 6) is -0.0887. The van der Waals surface area contributed by atoms with E-state index in [4.69, 9.17) is 39.2 Å². The van der Waals surface area contributed by atoms with Crippen LogP contribution in [0.5, 0.6) is 0 Å². The van der Waals surface area contributed by atoms with Gasteiger partial charge in [0.15, 0.2) is 0 Å². The minimum absolute atomic E-state index is 0.0338. The molecule has 0 aliphatic carbocycles. The molecule has 12 heteroatoms. The Hall–Kier alpha value is -3.65. The number of nitrogens with one attached hydrogen (secondary N) is 1. The van der Waals surface area contributed by atoms with E-state index in [1.807, 2.05) is 6.07 Å². The highest BCUT2D eigenvalue weighted by atomic mass is 35.5. The summed E-state index contributed by atoms with van der Waals surface area (Å²) in [5, 5.41) is 13.2. The van der Waals surface area contributed by atoms with E-state index in [0.717, 1.165) is 5.56 Å². The van der Waals surface area contributed by atoms with Crippen molar-refractivity contribution in [1.29, 1.82) is 5.26 Å². The van der Waals surface area contributed by atoms with Crippen molar-refractivity contribution in [3.8, 4) is 6.07 Å². The number of rotatable bonds is 10. The van der Waals surface area contributed by atoms with Gasteiger partial charge in [0.1, 0.15) is 23.2 Å². The molecular weight excluding hydrogens is 595 g/mol. The number of pyridine rings is 1. The van der Waals surface area contributed by atoms with Crippen LogP contribution in [0.4, 0.5) is 0 Å². The van der Waals surface area contributed by atoms with Crippen LogP contribution in [-0.2, 0) is 34.5 Å². The molecule has 0 aliphatic rings. The normalized spacial score (nSPS) is 11.8. The van der Waals surface area contributed by atoms with E-state index in [1.165, 1.54) is 34.6 Å². The highest BCUT2D eigenvalue weighted by molar-refractivity contribution is 7.89. The Labute approximate surface area is 246 Å². The number of benzene rings is 2. The Morgan fingerprint density at radius 1 is 1.00 bits per heavy atom. The van der Waals surface area contributed by atoms with Crippen molar-refractivity contribution in [3.05, 3.63) is 122 Å². The maximum absolute atomic E-state index is 13.6. The number of carbonyl (C=O) groups excluding carboxylic acids is 1. The third-order valence-corrected chi connectivity index (χ3v) is 8.43. The monoisotopic (exact) mass is 614 g/mol. The summed E-state index contributed by atoms with van der Waals surface area (Å²) in [6.07, 6.45) is 4.52. The van der Waals surface area contributed by atoms with Crippen LogP contribution < -0.4 is 5.32 Å². The van der Waals surface area contributed by atoms with Crippen molar-refractivity contribution in [2.24, 2.45) is 0 Å². The lowest BCUT2D eigenvalue weighted by atomic mass is 10.2. The average Bonchev–Trinajstić information content (AvgIpc) is 3.39. The minimum Gasteiger partial charge on any atom is -0.460 e. The quantitative estimate of drug-likeness (QED) is 0.167. The summed E-state index contributed by atoms with van der Waals surface area (Å²) in [5.41, 5.74) is 1.21. The van der Waals surface area contributed by atoms with E-state index in [9.17, 15) is 18.5 Å². The van der Waals surface area contributed by atoms with E-state index in [2.05, 4.69) is 10.3 Å². The first-order chi connectivity index (χ1) is 19.2. The third kappa shape index (κ3) is 7.50. The number of amides is 1. The van der Waals surface area contributed by atoms with E-state index in [0.29, 0.717) is 20.6 Å². The van der Waals surface area contributed by atoms with Gasteiger partial charge in [0.2, 0.25) is 10.0 Å². The molecule has 0 saturated heterocycles. The van der Waals surface area contributed by atoms with Gasteiger partial charge in [0.25, 0.3) is 5.91 Å². The topological polar surface area (TPSA) is 116 Å². The van der Waals surface area contributed by atoms with Crippen LogP contribution >= 0.6 is 34.8 Å². The molecule has 0 fully saturated rings. The smallest absolute Gasteiger partial charge is 0.262 e. The molecule has 0 saturated carbocycles. The maximum Gasteiger partial charge on any atom is 0.262 e. The zero-order valence-corrected chi connectivity index (χ0v) is 23.8. The maximum atomic E-state index is 13.6. The molecule has 2 aromatic carbocycles. The fourth-order valence-corrected chi connectivity index (χ4v) is 5.47. The number of carbonyl (C=O) groups is 1. The zero-order valence-electron chi connectivity index (χ0n) is 20.7. The Bertz CT molecular complexity index is 1680. The lowest BCUT2D eigenvalue weighted by Gasteiger charge is -2.22. The molecular formula is C28H21Cl3N4O4S. The van der Waals surface area contributed by atoms with Crippen molar-refractivity contribution in [1.82, 2.24) is 14.6 Å². The number of nitrogens with zero attached hydrogens (tertiary/aromatic N) is 3. The predicted octanol–water partition coefficient (Wildman–Crippen LogP) is 6.25. The van der Waals surface area contributed by atoms with Gasteiger partial charge >= 0.3 is 0 Å². The first-order valence-corrected chi connectivity index (χ1v) is 14.3. The fourth-order valence-electron chi connectivity index (χ4n) is 3.63. The zero-order chi connectivity index (χ0) is 28.7. The number of aromatic nitrogens is 1. The second kappa shape index (κ2) is 13.1. The molecule has 4 rings (SSSR count). The Morgan fingerprint density at radius 2 is 1.77 bits per heavy atom. The number of hydrogen-bond acceptors (Lipinski definition) is 6. The first-order valence-electron chi connectivity index (χ1n) is 11.7. The molecule has 0 unspecified atom stereocenters. The average molecular weight is 616 g/mol. The standard InChI is InChI=1S/C28H21Cl3N4O4S/c29-22-4-8-25(9-5-22)40(37,38)35(17-19-3-10-26(30)27(31)12-19)18-24-7-6-23(39-24)13-21(14-32)28(36)34-16-20-2-1-11-33-15-20/h1-13,15H,16-18H2,(H,34,36)/b21-13-. The van der Waals surface area contributed by atoms with Crippen molar-refractivity contribution in [3.63, 3.8) is 0 Å². The summed E-state index contributed by atoms with van der Waals surface area (Å²) < 4.78 is 34.2. The molecule has 1 amide bonds. The molecule has 1 N–H and O–H groups in total. The van der Waals surface area contributed by atoms with E-state index < -0.39 is 15.9 Å². The molecule has 40 heavy (non-hydrogen) atoms. The van der Waals surface area contributed by atoms with Crippen LogP contribution in [0.1, 0.15) is 22.6 Å². The molecule has 2 aromatic heterocycles. The summed E-state index contributed by atoms with van der Waals surface area (Å²) in [7, 11) is -4.00. The largest absolute Gasteiger partial charge is 0.460 e. The van der Waals surface area contributed by atoms with Crippen LogP contribution in [0.25, 0.3) is 6.08 Å². The Balaban J connectivity index is 1.56. The highest BCUT2D eigenvalue weighted by Crippen LogP contribution is 2.27. The van der Waals surface area contributed by atoms with Gasteiger partial charge in [0.05, 0.1) is 21.5 Å². The van der Waals surface area contributed by atoms with E-state index in [-0.39, 0.29) is 41.6 Å². The van der Waals surface area contributed by atoms with Gasteiger partial charge in [-0.1, -0.05) is 46.9 Å². The fraction of sp³-hybridized carbons (Fsp3) is 0.107. The number of hydrogen-bond donors (Lipinski definition) is 1. The van der Waals surface area contributed by atoms with Crippen LogP contribution in [0.15, 0.2) is 94.0 Å². The van der Waals surface area contributed by atoms with Gasteiger partial charge in [-0.3, -0.25) is 9.78 Å². The van der Waals surface area contributed by atoms with Crippen molar-refractivity contribution < 1.29 is 17.6 Å². The number of halogens is 3. The van der Waals surface area contributed by atoms with Crippen molar-refractivity contribution >= 4 is 56.8 Å². The lowest BCUT2D eigenvalue weighted by molar-refractivity contribution is -0.117. The van der Waals surface area contributed by atoms with Gasteiger partial charge in [-0.25, -0.2) is 8.42 Å². The molecule has 0 atom stereocenters. The molecule has 0 radical (unpaired) electrons. The van der Waals surface area contributed by atoms with Gasteiger partial charge in [-0.15, -0.1) is 0 Å². The molecule has 2 heterocycles. The number of sulfonamides is 1. The summed E-state index contributed by atoms with van der Waals surface area (Å²) in [6.45, 7) is 0.0172. The minimum atomic E-state index is -4.00. The van der Waals surface area contributed by atoms with E-state index in [1.54, 1.807) is 54.9 Å². The number of furan rings is 1. The van der Waals surface area contributed by atoms with Crippen molar-refractivity contribution in [2.75, 3.05) is 0 Å². The van der Waals surface area contributed by atoms with Crippen LogP contribution in [0, 0.1) is 11.3 Å². The second-order valence-electron chi connectivity index (χ2n) is 8.49. The SMILES string of the molecule is N#C/C(=C/c1ccc(CN(Cc2ccc(Cl)c(Cl)c2)S(=O)(=O)c2ccc(Cl)cc2)o1)C(=O)NCc1cccnc1. The third-order valence-electron chi connectivity index (χ3n) is 5.64. The van der Waals surface area contributed by atoms with Crippen molar-refractivity contribution in [2.45, 2.75) is 24.5 Å². The van der Waals surface area contributed by atoms with Gasteiger partial charge in [-0.05, 0) is 65.7 Å². The molecule has 8 nitrogen and oxygen atoms in total. The molecule has 0 bridgehead atoms. The summed E-state index contributed by atoms with van der Waals surface area (Å²) in [4.78, 5) is 16.6. The van der Waals surface area contributed by atoms with Gasteiger partial charge in [-0.2, -0.15) is 9.57 Å². The number of nitriles is 1. The molecule has 204 valence electrons. The summed E-state index contributed by atoms with van der Waals surface area (Å²) in [6, 6.07) is 19.2. The Kier molecular flexibility index (Phi) is 9.63. The lowest BCUT2D eigenvalue weighted by Crippen LogP contribution is -2.30. The van der Waals surface area contributed by atoms with Crippen LogP contribution in [-0.4, -0.2) is 23.6 Å². The van der Waals surface area contributed by atoms with Gasteiger partial charge in [0, 0.05) is 36.6 Å². The Morgan fingerprint density at radius 3 is 2.45 bits per heavy atom. The van der Waals surface area contributed by atoms with Gasteiger partial charge < -0.3 is 9.73 Å². The molecule has 0 spiro atoms.